The second-order valence-electron chi connectivity index (χ2n) is 7.81. The number of para-hydroxylation sites is 1. The molecule has 1 atom stereocenters. The molecule has 35 heavy (non-hydrogen) atoms. The number of nitrogens with one attached hydrogen (secondary N) is 1. The average Bonchev–Trinajstić information content (AvgIpc) is 2.89. The number of anilines is 1. The molecular weight excluding hydrogens is 506 g/mol. The van der Waals surface area contributed by atoms with Crippen LogP contribution in [0, 0.1) is 0 Å². The zero-order valence-electron chi connectivity index (χ0n) is 18.9. The van der Waals surface area contributed by atoms with Crippen molar-refractivity contribution in [3.63, 3.8) is 0 Å². The molecule has 8 nitrogen and oxygen atoms in total. The van der Waals surface area contributed by atoms with E-state index in [2.05, 4.69) is 5.32 Å². The first-order valence-corrected chi connectivity index (χ1v) is 14.9. The molecule has 184 valence electrons. The Labute approximate surface area is 210 Å². The van der Waals surface area contributed by atoms with Crippen LogP contribution in [0.15, 0.2) is 99.6 Å². The largest absolute Gasteiger partial charge is 0.324 e. The highest BCUT2D eigenvalue weighted by atomic mass is 32.2. The van der Waals surface area contributed by atoms with Crippen LogP contribution in [0.25, 0.3) is 0 Å². The molecule has 1 aliphatic heterocycles. The molecular formula is C24H25N3O5S3. The van der Waals surface area contributed by atoms with Gasteiger partial charge in [0.2, 0.25) is 26.0 Å². The molecule has 1 N–H and O–H groups in total. The quantitative estimate of drug-likeness (QED) is 0.470. The zero-order chi connectivity index (χ0) is 25.1. The highest BCUT2D eigenvalue weighted by Gasteiger charge is 2.43. The Kier molecular flexibility index (Phi) is 7.62. The van der Waals surface area contributed by atoms with Crippen molar-refractivity contribution in [2.75, 3.05) is 31.2 Å². The molecule has 0 spiro atoms. The van der Waals surface area contributed by atoms with Crippen LogP contribution < -0.4 is 5.32 Å². The second-order valence-corrected chi connectivity index (χ2v) is 12.5. The van der Waals surface area contributed by atoms with Crippen molar-refractivity contribution < 1.29 is 21.6 Å². The summed E-state index contributed by atoms with van der Waals surface area (Å²) in [7, 11) is -7.97. The van der Waals surface area contributed by atoms with Gasteiger partial charge in [-0.05, 0) is 42.7 Å². The van der Waals surface area contributed by atoms with Crippen LogP contribution in [-0.4, -0.2) is 63.3 Å². The minimum Gasteiger partial charge on any atom is -0.324 e. The van der Waals surface area contributed by atoms with Crippen molar-refractivity contribution >= 4 is 43.4 Å². The molecule has 0 bridgehead atoms. The minimum absolute atomic E-state index is 0.0432. The Morgan fingerprint density at radius 2 is 1.34 bits per heavy atom. The topological polar surface area (TPSA) is 104 Å². The van der Waals surface area contributed by atoms with E-state index in [4.69, 9.17) is 0 Å². The van der Waals surface area contributed by atoms with Gasteiger partial charge in [-0.3, -0.25) is 4.79 Å². The van der Waals surface area contributed by atoms with Gasteiger partial charge in [-0.25, -0.2) is 16.8 Å². The van der Waals surface area contributed by atoms with Gasteiger partial charge in [0, 0.05) is 24.5 Å². The van der Waals surface area contributed by atoms with Crippen LogP contribution in [0.1, 0.15) is 0 Å². The van der Waals surface area contributed by atoms with E-state index >= 15 is 0 Å². The van der Waals surface area contributed by atoms with Gasteiger partial charge in [-0.2, -0.15) is 8.61 Å². The summed E-state index contributed by atoms with van der Waals surface area (Å²) >= 11 is 1.44. The van der Waals surface area contributed by atoms with Gasteiger partial charge in [0.05, 0.1) is 15.5 Å². The van der Waals surface area contributed by atoms with E-state index < -0.39 is 32.0 Å². The number of carbonyl (C=O) groups is 1. The Hall–Kier alpha value is -2.70. The lowest BCUT2D eigenvalue weighted by atomic mass is 10.2. The lowest BCUT2D eigenvalue weighted by Gasteiger charge is -2.39. The van der Waals surface area contributed by atoms with Crippen LogP contribution in [-0.2, 0) is 24.8 Å². The molecule has 4 rings (SSSR count). The molecule has 0 aliphatic carbocycles. The molecule has 11 heteroatoms. The smallest absolute Gasteiger partial charge is 0.244 e. The summed E-state index contributed by atoms with van der Waals surface area (Å²) in [5.74, 6) is -0.598. The van der Waals surface area contributed by atoms with Gasteiger partial charge < -0.3 is 5.32 Å². The number of rotatable bonds is 7. The summed E-state index contributed by atoms with van der Waals surface area (Å²) in [6, 6.07) is 21.6. The second kappa shape index (κ2) is 10.5. The van der Waals surface area contributed by atoms with E-state index in [-0.39, 0.29) is 29.4 Å². The standard InChI is InChI=1S/C24H25N3O5S3/c1-33-23-15-9-8-14-21(23)25-24(28)22-18-26(34(29,30)19-10-4-2-5-11-19)16-17-27(22)35(31,32)20-12-6-3-7-13-20/h2-15,22H,16-18H2,1H3,(H,25,28)/t22-/m1/s1. The van der Waals surface area contributed by atoms with Crippen molar-refractivity contribution in [1.29, 1.82) is 0 Å². The highest BCUT2D eigenvalue weighted by Crippen LogP contribution is 2.28. The molecule has 0 radical (unpaired) electrons. The molecule has 3 aromatic carbocycles. The minimum atomic E-state index is -4.05. The Balaban J connectivity index is 1.70. The SMILES string of the molecule is CSc1ccccc1NC(=O)[C@H]1CN(S(=O)(=O)c2ccccc2)CCN1S(=O)(=O)c1ccccc1. The molecule has 0 unspecified atom stereocenters. The number of nitrogens with zero attached hydrogens (tertiary/aromatic N) is 2. The van der Waals surface area contributed by atoms with Gasteiger partial charge in [-0.15, -0.1) is 11.8 Å². The number of thioether (sulfide) groups is 1. The van der Waals surface area contributed by atoms with Crippen molar-refractivity contribution in [2.24, 2.45) is 0 Å². The first kappa shape index (κ1) is 25.4. The Morgan fingerprint density at radius 1 is 0.800 bits per heavy atom. The number of hydrogen-bond donors (Lipinski definition) is 1. The van der Waals surface area contributed by atoms with Crippen LogP contribution in [0.3, 0.4) is 0 Å². The van der Waals surface area contributed by atoms with Gasteiger partial charge in [0.15, 0.2) is 0 Å². The van der Waals surface area contributed by atoms with Crippen LogP contribution >= 0.6 is 11.8 Å². The van der Waals surface area contributed by atoms with Crippen LogP contribution in [0.2, 0.25) is 0 Å². The lowest BCUT2D eigenvalue weighted by Crippen LogP contribution is -2.60. The van der Waals surface area contributed by atoms with Crippen molar-refractivity contribution in [3.8, 4) is 0 Å². The third kappa shape index (κ3) is 5.29. The highest BCUT2D eigenvalue weighted by molar-refractivity contribution is 7.98. The first-order valence-electron chi connectivity index (χ1n) is 10.8. The number of sulfonamides is 2. The van der Waals surface area contributed by atoms with E-state index in [1.807, 2.05) is 18.4 Å². The molecule has 0 saturated carbocycles. The predicted octanol–water partition coefficient (Wildman–Crippen LogP) is 3.11. The van der Waals surface area contributed by atoms with Crippen LogP contribution in [0.4, 0.5) is 5.69 Å². The van der Waals surface area contributed by atoms with E-state index in [0.29, 0.717) is 5.69 Å². The summed E-state index contributed by atoms with van der Waals surface area (Å²) in [6.07, 6.45) is 1.87. The molecule has 0 aromatic heterocycles. The maximum atomic E-state index is 13.5. The summed E-state index contributed by atoms with van der Waals surface area (Å²) in [6.45, 7) is -0.545. The maximum Gasteiger partial charge on any atom is 0.244 e. The van der Waals surface area contributed by atoms with E-state index in [9.17, 15) is 21.6 Å². The van der Waals surface area contributed by atoms with Gasteiger partial charge in [0.25, 0.3) is 0 Å². The van der Waals surface area contributed by atoms with Gasteiger partial charge in [0.1, 0.15) is 6.04 Å². The molecule has 1 saturated heterocycles. The fourth-order valence-electron chi connectivity index (χ4n) is 3.89. The van der Waals surface area contributed by atoms with E-state index in [0.717, 1.165) is 9.20 Å². The van der Waals surface area contributed by atoms with Gasteiger partial charge >= 0.3 is 0 Å². The fourth-order valence-corrected chi connectivity index (χ4v) is 7.50. The van der Waals surface area contributed by atoms with Gasteiger partial charge in [-0.1, -0.05) is 48.5 Å². The zero-order valence-corrected chi connectivity index (χ0v) is 21.4. The van der Waals surface area contributed by atoms with Crippen LogP contribution in [0.5, 0.6) is 0 Å². The first-order chi connectivity index (χ1) is 16.7. The van der Waals surface area contributed by atoms with Crippen molar-refractivity contribution in [1.82, 2.24) is 8.61 Å². The molecule has 3 aromatic rings. The normalized spacial score (nSPS) is 17.7. The number of hydrogen-bond acceptors (Lipinski definition) is 6. The monoisotopic (exact) mass is 531 g/mol. The third-order valence-corrected chi connectivity index (χ3v) is 10.3. The summed E-state index contributed by atoms with van der Waals surface area (Å²) < 4.78 is 55.7. The molecule has 1 amide bonds. The van der Waals surface area contributed by atoms with Crippen molar-refractivity contribution in [3.05, 3.63) is 84.9 Å². The fraction of sp³-hybridized carbons (Fsp3) is 0.208. The maximum absolute atomic E-state index is 13.5. The summed E-state index contributed by atoms with van der Waals surface area (Å²) in [5.41, 5.74) is 0.532. The summed E-state index contributed by atoms with van der Waals surface area (Å²) in [4.78, 5) is 14.4. The molecule has 1 fully saturated rings. The Morgan fingerprint density at radius 3 is 1.94 bits per heavy atom. The van der Waals surface area contributed by atoms with E-state index in [1.165, 1.54) is 40.3 Å². The van der Waals surface area contributed by atoms with E-state index in [1.54, 1.807) is 48.5 Å². The molecule has 1 heterocycles. The number of benzene rings is 3. The number of carbonyl (C=O) groups excluding carboxylic acids is 1. The average molecular weight is 532 g/mol. The Bertz CT molecular complexity index is 1400. The lowest BCUT2D eigenvalue weighted by molar-refractivity contribution is -0.120. The summed E-state index contributed by atoms with van der Waals surface area (Å²) in [5, 5.41) is 2.81. The van der Waals surface area contributed by atoms with Crippen molar-refractivity contribution in [2.45, 2.75) is 20.7 Å². The predicted molar refractivity (Wildman–Crippen MR) is 136 cm³/mol. The molecule has 1 aliphatic rings. The number of piperazine rings is 1. The third-order valence-electron chi connectivity index (χ3n) is 5.69. The number of amides is 1.